The van der Waals surface area contributed by atoms with Crippen LogP contribution >= 0.6 is 24.0 Å². The number of imide groups is 1. The van der Waals surface area contributed by atoms with Gasteiger partial charge in [0.25, 0.3) is 0 Å². The van der Waals surface area contributed by atoms with Crippen LogP contribution in [0, 0.1) is 0 Å². The maximum Gasteiger partial charge on any atom is 0.338 e. The minimum atomic E-state index is -0.521. The number of thioether (sulfide) groups is 1. The molecule has 1 atom stereocenters. The molecule has 3 aromatic carbocycles. The number of thiocarbonyl (C=S) groups is 1. The zero-order chi connectivity index (χ0) is 24.8. The monoisotopic (exact) mass is 505 g/mol. The predicted molar refractivity (Wildman–Crippen MR) is 142 cm³/mol. The van der Waals surface area contributed by atoms with E-state index in [-0.39, 0.29) is 24.8 Å². The molecular formula is C26H23N3O4S2. The van der Waals surface area contributed by atoms with Crippen molar-refractivity contribution in [1.29, 1.82) is 0 Å². The van der Waals surface area contributed by atoms with Gasteiger partial charge in [-0.3, -0.25) is 9.59 Å². The van der Waals surface area contributed by atoms with E-state index in [1.54, 1.807) is 31.2 Å². The third-order valence-electron chi connectivity index (χ3n) is 5.16. The first-order chi connectivity index (χ1) is 16.9. The molecule has 1 fully saturated rings. The number of nitrogens with one attached hydrogen (secondary N) is 2. The van der Waals surface area contributed by atoms with Gasteiger partial charge in [-0.15, -0.1) is 11.8 Å². The number of esters is 1. The molecule has 178 valence electrons. The lowest BCUT2D eigenvalue weighted by Gasteiger charge is -2.15. The number of carbonyl (C=O) groups excluding carboxylic acids is 3. The first-order valence-electron chi connectivity index (χ1n) is 11.0. The molecule has 9 heteroatoms. The Morgan fingerprint density at radius 3 is 2.23 bits per heavy atom. The van der Waals surface area contributed by atoms with Gasteiger partial charge in [0.2, 0.25) is 11.8 Å². The van der Waals surface area contributed by atoms with Gasteiger partial charge in [0.1, 0.15) is 0 Å². The number of para-hydroxylation sites is 1. The fraction of sp³-hybridized carbons (Fsp3) is 0.154. The Labute approximate surface area is 212 Å². The molecule has 4 rings (SSSR count). The highest BCUT2D eigenvalue weighted by atomic mass is 32.2. The van der Waals surface area contributed by atoms with Crippen LogP contribution in [0.5, 0.6) is 0 Å². The van der Waals surface area contributed by atoms with Crippen molar-refractivity contribution in [3.8, 4) is 0 Å². The molecule has 0 radical (unpaired) electrons. The van der Waals surface area contributed by atoms with Gasteiger partial charge in [-0.05, 0) is 79.8 Å². The Hall–Kier alpha value is -3.69. The summed E-state index contributed by atoms with van der Waals surface area (Å²) in [6.07, 6.45) is 0.105. The van der Waals surface area contributed by atoms with Crippen molar-refractivity contribution in [2.24, 2.45) is 0 Å². The molecule has 0 aromatic heterocycles. The van der Waals surface area contributed by atoms with Crippen LogP contribution in [-0.2, 0) is 14.3 Å². The summed E-state index contributed by atoms with van der Waals surface area (Å²) in [6, 6.07) is 23.4. The van der Waals surface area contributed by atoms with E-state index in [0.717, 1.165) is 16.3 Å². The minimum absolute atomic E-state index is 0.105. The number of rotatable bonds is 7. The number of hydrogen-bond donors (Lipinski definition) is 2. The summed E-state index contributed by atoms with van der Waals surface area (Å²) in [7, 11) is 0. The Balaban J connectivity index is 1.35. The number of anilines is 3. The highest BCUT2D eigenvalue weighted by molar-refractivity contribution is 8.00. The molecule has 3 aromatic rings. The molecule has 2 amide bonds. The number of amides is 2. The van der Waals surface area contributed by atoms with Crippen molar-refractivity contribution in [1.82, 2.24) is 0 Å². The van der Waals surface area contributed by atoms with Crippen LogP contribution in [0.3, 0.4) is 0 Å². The van der Waals surface area contributed by atoms with Crippen molar-refractivity contribution in [3.05, 3.63) is 84.4 Å². The summed E-state index contributed by atoms with van der Waals surface area (Å²) in [6.45, 7) is 2.00. The van der Waals surface area contributed by atoms with Crippen molar-refractivity contribution in [2.75, 3.05) is 22.1 Å². The molecule has 2 N–H and O–H groups in total. The molecule has 0 unspecified atom stereocenters. The summed E-state index contributed by atoms with van der Waals surface area (Å²) in [5.74, 6) is -0.993. The molecule has 0 aliphatic carbocycles. The molecule has 35 heavy (non-hydrogen) atoms. The Kier molecular flexibility index (Phi) is 7.79. The van der Waals surface area contributed by atoms with Gasteiger partial charge >= 0.3 is 5.97 Å². The lowest BCUT2D eigenvalue weighted by atomic mass is 10.2. The molecule has 0 bridgehead atoms. The molecule has 0 spiro atoms. The Bertz CT molecular complexity index is 1230. The second-order valence-electron chi connectivity index (χ2n) is 7.61. The second kappa shape index (κ2) is 11.2. The number of hydrogen-bond acceptors (Lipinski definition) is 6. The quantitative estimate of drug-likeness (QED) is 0.261. The molecule has 0 saturated carbocycles. The Morgan fingerprint density at radius 2 is 1.60 bits per heavy atom. The summed E-state index contributed by atoms with van der Waals surface area (Å²) >= 11 is 6.69. The van der Waals surface area contributed by atoms with E-state index in [4.69, 9.17) is 17.0 Å². The molecular weight excluding hydrogens is 482 g/mol. The zero-order valence-electron chi connectivity index (χ0n) is 18.9. The van der Waals surface area contributed by atoms with Crippen molar-refractivity contribution in [3.63, 3.8) is 0 Å². The fourth-order valence-corrected chi connectivity index (χ4v) is 4.81. The number of carbonyl (C=O) groups is 3. The lowest BCUT2D eigenvalue weighted by molar-refractivity contribution is -0.121. The highest BCUT2D eigenvalue weighted by Crippen LogP contribution is 2.34. The third kappa shape index (κ3) is 6.06. The highest BCUT2D eigenvalue weighted by Gasteiger charge is 2.40. The van der Waals surface area contributed by atoms with E-state index in [2.05, 4.69) is 10.6 Å². The average Bonchev–Trinajstić information content (AvgIpc) is 3.13. The van der Waals surface area contributed by atoms with Crippen molar-refractivity contribution in [2.45, 2.75) is 23.5 Å². The van der Waals surface area contributed by atoms with Crippen LogP contribution in [0.2, 0.25) is 0 Å². The first kappa shape index (κ1) is 24.4. The van der Waals surface area contributed by atoms with Gasteiger partial charge in [0.15, 0.2) is 5.11 Å². The SMILES string of the molecule is CCOC(=O)c1ccc(N2C(=O)C[C@@H](Sc3ccc(NC(=S)Nc4ccccc4)cc3)C2=O)cc1. The van der Waals surface area contributed by atoms with Crippen LogP contribution in [0.25, 0.3) is 0 Å². The van der Waals surface area contributed by atoms with Gasteiger partial charge in [-0.1, -0.05) is 18.2 Å². The smallest absolute Gasteiger partial charge is 0.338 e. The van der Waals surface area contributed by atoms with E-state index in [9.17, 15) is 14.4 Å². The van der Waals surface area contributed by atoms with Crippen LogP contribution in [0.4, 0.5) is 17.1 Å². The normalized spacial score (nSPS) is 15.1. The summed E-state index contributed by atoms with van der Waals surface area (Å²) < 4.78 is 4.97. The van der Waals surface area contributed by atoms with Gasteiger partial charge in [0, 0.05) is 22.7 Å². The second-order valence-corrected chi connectivity index (χ2v) is 9.30. The average molecular weight is 506 g/mol. The van der Waals surface area contributed by atoms with E-state index in [0.29, 0.717) is 16.4 Å². The van der Waals surface area contributed by atoms with Gasteiger partial charge in [-0.25, -0.2) is 9.69 Å². The number of benzene rings is 3. The molecule has 1 aliphatic rings. The van der Waals surface area contributed by atoms with Crippen LogP contribution in [0.1, 0.15) is 23.7 Å². The summed E-state index contributed by atoms with van der Waals surface area (Å²) in [5.41, 5.74) is 2.50. The van der Waals surface area contributed by atoms with E-state index >= 15 is 0 Å². The maximum absolute atomic E-state index is 13.0. The molecule has 7 nitrogen and oxygen atoms in total. The van der Waals surface area contributed by atoms with Crippen LogP contribution < -0.4 is 15.5 Å². The number of ether oxygens (including phenoxy) is 1. The molecule has 1 saturated heterocycles. The molecule has 1 heterocycles. The van der Waals surface area contributed by atoms with Gasteiger partial charge in [-0.2, -0.15) is 0 Å². The topological polar surface area (TPSA) is 87.7 Å². The van der Waals surface area contributed by atoms with E-state index in [1.165, 1.54) is 16.7 Å². The van der Waals surface area contributed by atoms with Gasteiger partial charge < -0.3 is 15.4 Å². The van der Waals surface area contributed by atoms with E-state index in [1.807, 2.05) is 54.6 Å². The first-order valence-corrected chi connectivity index (χ1v) is 12.3. The van der Waals surface area contributed by atoms with E-state index < -0.39 is 11.2 Å². The zero-order valence-corrected chi connectivity index (χ0v) is 20.5. The Morgan fingerprint density at radius 1 is 0.971 bits per heavy atom. The third-order valence-corrected chi connectivity index (χ3v) is 6.57. The minimum Gasteiger partial charge on any atom is -0.462 e. The standard InChI is InChI=1S/C26H23N3O4S2/c1-2-33-25(32)17-8-12-20(13-9-17)29-23(30)16-22(24(29)31)35-21-14-10-19(11-15-21)28-26(34)27-18-6-4-3-5-7-18/h3-15,22H,2,16H2,1H3,(H2,27,28,34)/t22-/m1/s1. The van der Waals surface area contributed by atoms with Crippen molar-refractivity contribution < 1.29 is 19.1 Å². The summed E-state index contributed by atoms with van der Waals surface area (Å²) in [5, 5.41) is 6.19. The van der Waals surface area contributed by atoms with Gasteiger partial charge in [0.05, 0.1) is 23.1 Å². The van der Waals surface area contributed by atoms with Crippen LogP contribution in [-0.4, -0.2) is 34.8 Å². The van der Waals surface area contributed by atoms with Crippen LogP contribution in [0.15, 0.2) is 83.8 Å². The maximum atomic E-state index is 13.0. The lowest BCUT2D eigenvalue weighted by Crippen LogP contribution is -2.31. The summed E-state index contributed by atoms with van der Waals surface area (Å²) in [4.78, 5) is 39.5. The number of nitrogens with zero attached hydrogens (tertiary/aromatic N) is 1. The fourth-order valence-electron chi connectivity index (χ4n) is 3.52. The van der Waals surface area contributed by atoms with Crippen molar-refractivity contribution >= 4 is 63.9 Å². The predicted octanol–water partition coefficient (Wildman–Crippen LogP) is 5.10. The largest absolute Gasteiger partial charge is 0.462 e. The molecule has 1 aliphatic heterocycles.